The van der Waals surface area contributed by atoms with Crippen molar-refractivity contribution >= 4 is 41.6 Å². The zero-order valence-corrected chi connectivity index (χ0v) is 18.4. The molecule has 0 saturated heterocycles. The quantitative estimate of drug-likeness (QED) is 0.287. The Hall–Kier alpha value is -2.43. The third-order valence-corrected chi connectivity index (χ3v) is 4.04. The Morgan fingerprint density at radius 1 is 1.21 bits per heavy atom. The molecule has 0 radical (unpaired) electrons. The Kier molecular flexibility index (Phi) is 7.97. The average Bonchev–Trinajstić information content (AvgIpc) is 2.89. The molecule has 0 atom stereocenters. The summed E-state index contributed by atoms with van der Waals surface area (Å²) in [6, 6.07) is 7.30. The maximum atomic E-state index is 11.7. The Morgan fingerprint density at radius 3 is 2.68 bits per heavy atom. The van der Waals surface area contributed by atoms with Gasteiger partial charge in [-0.15, -0.1) is 24.0 Å². The Bertz CT molecular complexity index is 850. The number of hydrogen-bond donors (Lipinski definition) is 2. The molecule has 3 rings (SSSR count). The summed E-state index contributed by atoms with van der Waals surface area (Å²) in [4.78, 5) is 15.9. The minimum atomic E-state index is -0.419. The van der Waals surface area contributed by atoms with Crippen molar-refractivity contribution in [2.24, 2.45) is 4.99 Å². The lowest BCUT2D eigenvalue weighted by Gasteiger charge is -2.13. The van der Waals surface area contributed by atoms with Gasteiger partial charge >= 0.3 is 5.97 Å². The van der Waals surface area contributed by atoms with Gasteiger partial charge in [0, 0.05) is 25.2 Å². The first kappa shape index (κ1) is 21.9. The minimum absolute atomic E-state index is 0. The number of anilines is 1. The normalized spacial score (nSPS) is 13.2. The van der Waals surface area contributed by atoms with Crippen LogP contribution in [0, 0.1) is 6.92 Å². The average molecular weight is 501 g/mol. The van der Waals surface area contributed by atoms with Crippen molar-refractivity contribution in [3.05, 3.63) is 41.3 Å². The number of guanidine groups is 1. The highest BCUT2D eigenvalue weighted by Gasteiger charge is 2.16. The lowest BCUT2D eigenvalue weighted by molar-refractivity contribution is 0.0599. The van der Waals surface area contributed by atoms with Crippen molar-refractivity contribution in [1.29, 1.82) is 0 Å². The minimum Gasteiger partial charge on any atom is -0.490 e. The van der Waals surface area contributed by atoms with E-state index in [1.807, 2.05) is 18.2 Å². The maximum Gasteiger partial charge on any atom is 0.341 e. The fraction of sp³-hybridized carbons (Fsp3) is 0.368. The fourth-order valence-corrected chi connectivity index (χ4v) is 2.67. The van der Waals surface area contributed by atoms with E-state index in [0.717, 1.165) is 17.9 Å². The highest BCUT2D eigenvalue weighted by atomic mass is 127. The van der Waals surface area contributed by atoms with Gasteiger partial charge in [0.05, 0.1) is 26.9 Å². The topological polar surface area (TPSA) is 94.3 Å². The standard InChI is InChI=1S/C19H23N3O5.HI/c1-12-15(18(23)24-3)10-14(27-12)11-21-19(20-2)22-13-5-6-16-17(9-13)26-8-4-7-25-16;/h5-6,9-10H,4,7-8,11H2,1-3H3,(H2,20,21,22);1H. The fourth-order valence-electron chi connectivity index (χ4n) is 2.67. The molecule has 2 aromatic rings. The van der Waals surface area contributed by atoms with Gasteiger partial charge in [-0.1, -0.05) is 0 Å². The van der Waals surface area contributed by atoms with E-state index in [1.165, 1.54) is 7.11 Å². The van der Waals surface area contributed by atoms with Crippen molar-refractivity contribution in [2.75, 3.05) is 32.7 Å². The van der Waals surface area contributed by atoms with Crippen LogP contribution in [0.15, 0.2) is 33.7 Å². The zero-order valence-electron chi connectivity index (χ0n) is 16.0. The highest BCUT2D eigenvalue weighted by molar-refractivity contribution is 14.0. The van der Waals surface area contributed by atoms with E-state index >= 15 is 0 Å². The van der Waals surface area contributed by atoms with Gasteiger partial charge in [-0.25, -0.2) is 4.79 Å². The summed E-state index contributed by atoms with van der Waals surface area (Å²) in [5.41, 5.74) is 1.23. The smallest absolute Gasteiger partial charge is 0.341 e. The van der Waals surface area contributed by atoms with Crippen molar-refractivity contribution in [1.82, 2.24) is 5.32 Å². The van der Waals surface area contributed by atoms with Gasteiger partial charge in [-0.05, 0) is 25.1 Å². The molecule has 1 aromatic heterocycles. The second kappa shape index (κ2) is 10.2. The molecular formula is C19H24IN3O5. The first-order chi connectivity index (χ1) is 13.1. The summed E-state index contributed by atoms with van der Waals surface area (Å²) in [6.07, 6.45) is 0.858. The number of aliphatic imine (C=N–C) groups is 1. The number of carbonyl (C=O) groups excluding carboxylic acids is 1. The zero-order chi connectivity index (χ0) is 19.2. The monoisotopic (exact) mass is 501 g/mol. The first-order valence-corrected chi connectivity index (χ1v) is 8.65. The molecule has 1 aliphatic heterocycles. The van der Waals surface area contributed by atoms with E-state index in [4.69, 9.17) is 18.6 Å². The number of nitrogens with one attached hydrogen (secondary N) is 2. The van der Waals surface area contributed by atoms with Gasteiger partial charge in [0.15, 0.2) is 17.5 Å². The number of carbonyl (C=O) groups is 1. The van der Waals surface area contributed by atoms with Crippen LogP contribution >= 0.6 is 24.0 Å². The second-order valence-corrected chi connectivity index (χ2v) is 5.94. The van der Waals surface area contributed by atoms with Crippen molar-refractivity contribution in [3.8, 4) is 11.5 Å². The van der Waals surface area contributed by atoms with Gasteiger partial charge in [-0.3, -0.25) is 4.99 Å². The second-order valence-electron chi connectivity index (χ2n) is 5.94. The molecule has 2 N–H and O–H groups in total. The number of furan rings is 1. The van der Waals surface area contributed by atoms with Crippen molar-refractivity contribution < 1.29 is 23.4 Å². The van der Waals surface area contributed by atoms with Crippen LogP contribution in [-0.4, -0.2) is 39.3 Å². The molecular weight excluding hydrogens is 477 g/mol. The number of rotatable bonds is 4. The molecule has 0 unspecified atom stereocenters. The van der Waals surface area contributed by atoms with Crippen LogP contribution in [0.3, 0.4) is 0 Å². The van der Waals surface area contributed by atoms with Gasteiger partial charge < -0.3 is 29.3 Å². The Morgan fingerprint density at radius 2 is 1.96 bits per heavy atom. The van der Waals surface area contributed by atoms with Crippen LogP contribution in [0.4, 0.5) is 5.69 Å². The summed E-state index contributed by atoms with van der Waals surface area (Å²) in [5, 5.41) is 6.34. The Labute approximate surface area is 180 Å². The van der Waals surface area contributed by atoms with Crippen LogP contribution in [-0.2, 0) is 11.3 Å². The molecule has 8 nitrogen and oxygen atoms in total. The van der Waals surface area contributed by atoms with Gasteiger partial charge in [0.25, 0.3) is 0 Å². The largest absolute Gasteiger partial charge is 0.490 e. The molecule has 0 bridgehead atoms. The number of nitrogens with zero attached hydrogens (tertiary/aromatic N) is 1. The third kappa shape index (κ3) is 5.31. The summed E-state index contributed by atoms with van der Waals surface area (Å²) in [7, 11) is 3.01. The predicted molar refractivity (Wildman–Crippen MR) is 116 cm³/mol. The summed E-state index contributed by atoms with van der Waals surface area (Å²) in [5.74, 6) is 2.70. The van der Waals surface area contributed by atoms with Crippen LogP contribution < -0.4 is 20.1 Å². The maximum absolute atomic E-state index is 11.7. The number of ether oxygens (including phenoxy) is 3. The van der Waals surface area contributed by atoms with E-state index in [9.17, 15) is 4.79 Å². The number of halogens is 1. The number of methoxy groups -OCH3 is 1. The van der Waals surface area contributed by atoms with E-state index in [-0.39, 0.29) is 24.0 Å². The molecule has 0 spiro atoms. The highest BCUT2D eigenvalue weighted by Crippen LogP contribution is 2.32. The molecule has 0 fully saturated rings. The van der Waals surface area contributed by atoms with E-state index < -0.39 is 5.97 Å². The number of esters is 1. The van der Waals surface area contributed by atoms with E-state index in [1.54, 1.807) is 20.0 Å². The van der Waals surface area contributed by atoms with E-state index in [0.29, 0.717) is 48.6 Å². The Balaban J connectivity index is 0.00000280. The molecule has 1 aromatic carbocycles. The molecule has 152 valence electrons. The van der Waals surface area contributed by atoms with Crippen LogP contribution in [0.1, 0.15) is 28.3 Å². The van der Waals surface area contributed by atoms with Crippen LogP contribution in [0.25, 0.3) is 0 Å². The third-order valence-electron chi connectivity index (χ3n) is 4.04. The summed E-state index contributed by atoms with van der Waals surface area (Å²) >= 11 is 0. The van der Waals surface area contributed by atoms with E-state index in [2.05, 4.69) is 15.6 Å². The molecule has 2 heterocycles. The van der Waals surface area contributed by atoms with Crippen LogP contribution in [0.5, 0.6) is 11.5 Å². The molecule has 28 heavy (non-hydrogen) atoms. The van der Waals surface area contributed by atoms with Crippen LogP contribution in [0.2, 0.25) is 0 Å². The van der Waals surface area contributed by atoms with Gasteiger partial charge in [0.1, 0.15) is 17.1 Å². The molecule has 1 aliphatic rings. The molecule has 0 aliphatic carbocycles. The van der Waals surface area contributed by atoms with Gasteiger partial charge in [0.2, 0.25) is 0 Å². The van der Waals surface area contributed by atoms with Gasteiger partial charge in [-0.2, -0.15) is 0 Å². The number of hydrogen-bond acceptors (Lipinski definition) is 6. The molecule has 0 saturated carbocycles. The van der Waals surface area contributed by atoms with Crippen molar-refractivity contribution in [2.45, 2.75) is 19.9 Å². The van der Waals surface area contributed by atoms with Crippen molar-refractivity contribution in [3.63, 3.8) is 0 Å². The number of aryl methyl sites for hydroxylation is 1. The number of fused-ring (bicyclic) bond motifs is 1. The lowest BCUT2D eigenvalue weighted by Crippen LogP contribution is -2.30. The lowest BCUT2D eigenvalue weighted by atomic mass is 10.2. The SMILES string of the molecule is CN=C(NCc1cc(C(=O)OC)c(C)o1)Nc1ccc2c(c1)OCCCO2.I. The molecule has 9 heteroatoms. The number of benzene rings is 1. The predicted octanol–water partition coefficient (Wildman–Crippen LogP) is 3.34. The summed E-state index contributed by atoms with van der Waals surface area (Å²) < 4.78 is 21.7. The first-order valence-electron chi connectivity index (χ1n) is 8.65. The summed E-state index contributed by atoms with van der Waals surface area (Å²) in [6.45, 7) is 3.37. The molecule has 0 amide bonds.